The zero-order chi connectivity index (χ0) is 18.5. The number of benzene rings is 3. The van der Waals surface area contributed by atoms with Gasteiger partial charge in [0.15, 0.2) is 0 Å². The van der Waals surface area contributed by atoms with Gasteiger partial charge in [-0.2, -0.15) is 4.99 Å². The van der Waals surface area contributed by atoms with Crippen LogP contribution in [-0.2, 0) is 0 Å². The summed E-state index contributed by atoms with van der Waals surface area (Å²) in [6.07, 6.45) is 6.38. The summed E-state index contributed by atoms with van der Waals surface area (Å²) in [5.41, 5.74) is 7.39. The van der Waals surface area contributed by atoms with Crippen molar-refractivity contribution in [2.24, 2.45) is 4.99 Å². The topological polar surface area (TPSA) is 12.4 Å². The van der Waals surface area contributed by atoms with Crippen molar-refractivity contribution in [3.63, 3.8) is 0 Å². The SMILES string of the molecule is S=C=Nc1cccc(-c2ccccc2-c2ccccc2)c1C1CCCCC1. The minimum Gasteiger partial charge on any atom is -0.194 e. The summed E-state index contributed by atoms with van der Waals surface area (Å²) in [5, 5.41) is 2.60. The largest absolute Gasteiger partial charge is 0.194 e. The molecular weight excluding hydrogens is 346 g/mol. The molecule has 3 aromatic rings. The van der Waals surface area contributed by atoms with E-state index in [0.29, 0.717) is 5.92 Å². The molecule has 1 fully saturated rings. The van der Waals surface area contributed by atoms with E-state index in [2.05, 4.69) is 83.0 Å². The van der Waals surface area contributed by atoms with E-state index in [-0.39, 0.29) is 0 Å². The molecule has 0 saturated heterocycles. The third-order valence-electron chi connectivity index (χ3n) is 5.56. The normalized spacial score (nSPS) is 14.5. The number of aliphatic imine (C=N–C) groups is 1. The van der Waals surface area contributed by atoms with Crippen molar-refractivity contribution in [2.45, 2.75) is 38.0 Å². The summed E-state index contributed by atoms with van der Waals surface area (Å²) in [6, 6.07) is 25.7. The highest BCUT2D eigenvalue weighted by atomic mass is 32.1. The average Bonchev–Trinajstić information content (AvgIpc) is 2.75. The molecule has 0 spiro atoms. The molecule has 0 amide bonds. The summed E-state index contributed by atoms with van der Waals surface area (Å²) in [4.78, 5) is 4.44. The first-order valence-corrected chi connectivity index (χ1v) is 10.1. The molecule has 27 heavy (non-hydrogen) atoms. The Morgan fingerprint density at radius 2 is 1.37 bits per heavy atom. The highest BCUT2D eigenvalue weighted by molar-refractivity contribution is 7.78. The maximum atomic E-state index is 4.94. The van der Waals surface area contributed by atoms with Crippen molar-refractivity contribution in [2.75, 3.05) is 0 Å². The minimum absolute atomic E-state index is 0.542. The average molecular weight is 370 g/mol. The predicted octanol–water partition coefficient (Wildman–Crippen LogP) is 7.80. The molecule has 134 valence electrons. The molecule has 4 rings (SSSR count). The van der Waals surface area contributed by atoms with Gasteiger partial charge in [-0.3, -0.25) is 0 Å². The fourth-order valence-electron chi connectivity index (χ4n) is 4.34. The molecule has 0 aliphatic heterocycles. The Balaban J connectivity index is 1.93. The van der Waals surface area contributed by atoms with Crippen molar-refractivity contribution in [3.05, 3.63) is 78.4 Å². The zero-order valence-electron chi connectivity index (χ0n) is 15.4. The van der Waals surface area contributed by atoms with Gasteiger partial charge >= 0.3 is 0 Å². The van der Waals surface area contributed by atoms with Crippen molar-refractivity contribution in [1.29, 1.82) is 0 Å². The van der Waals surface area contributed by atoms with Crippen LogP contribution in [-0.4, -0.2) is 5.16 Å². The van der Waals surface area contributed by atoms with Crippen LogP contribution < -0.4 is 0 Å². The fraction of sp³-hybridized carbons (Fsp3) is 0.240. The van der Waals surface area contributed by atoms with Gasteiger partial charge in [0.2, 0.25) is 0 Å². The van der Waals surface area contributed by atoms with E-state index in [1.807, 2.05) is 0 Å². The quantitative estimate of drug-likeness (QED) is 0.337. The van der Waals surface area contributed by atoms with Crippen molar-refractivity contribution in [3.8, 4) is 22.3 Å². The minimum atomic E-state index is 0.542. The van der Waals surface area contributed by atoms with Gasteiger partial charge in [0.25, 0.3) is 0 Å². The third kappa shape index (κ3) is 3.78. The summed E-state index contributed by atoms with van der Waals surface area (Å²) >= 11 is 4.94. The third-order valence-corrected chi connectivity index (χ3v) is 5.66. The van der Waals surface area contributed by atoms with Gasteiger partial charge in [-0.25, -0.2) is 0 Å². The van der Waals surface area contributed by atoms with Gasteiger partial charge in [0.05, 0.1) is 10.8 Å². The second kappa shape index (κ2) is 8.43. The standard InChI is InChI=1S/C25H23NS/c27-18-26-24-17-9-16-23(25(24)20-12-5-2-6-13-20)22-15-8-7-14-21(22)19-10-3-1-4-11-19/h1,3-4,7-11,14-17,20H,2,5-6,12-13H2. The smallest absolute Gasteiger partial charge is 0.0780 e. The van der Waals surface area contributed by atoms with Crippen LogP contribution in [0.25, 0.3) is 22.3 Å². The lowest BCUT2D eigenvalue weighted by Gasteiger charge is -2.26. The molecule has 0 heterocycles. The molecule has 2 heteroatoms. The summed E-state index contributed by atoms with van der Waals surface area (Å²) in [7, 11) is 0. The molecule has 0 N–H and O–H groups in total. The van der Waals surface area contributed by atoms with Crippen molar-refractivity contribution < 1.29 is 0 Å². The molecule has 0 bridgehead atoms. The van der Waals surface area contributed by atoms with E-state index < -0.39 is 0 Å². The number of rotatable bonds is 4. The van der Waals surface area contributed by atoms with E-state index in [9.17, 15) is 0 Å². The van der Waals surface area contributed by atoms with E-state index in [0.717, 1.165) is 5.69 Å². The van der Waals surface area contributed by atoms with Gasteiger partial charge in [0.1, 0.15) is 0 Å². The van der Waals surface area contributed by atoms with Crippen LogP contribution in [0.3, 0.4) is 0 Å². The number of isothiocyanates is 1. The Kier molecular flexibility index (Phi) is 5.58. The molecule has 1 aliphatic carbocycles. The lowest BCUT2D eigenvalue weighted by molar-refractivity contribution is 0.445. The maximum absolute atomic E-state index is 4.94. The van der Waals surface area contributed by atoms with Crippen LogP contribution in [0.15, 0.2) is 77.8 Å². The van der Waals surface area contributed by atoms with E-state index >= 15 is 0 Å². The number of hydrogen-bond acceptors (Lipinski definition) is 2. The van der Waals surface area contributed by atoms with E-state index in [1.165, 1.54) is 59.9 Å². The number of thiocarbonyl (C=S) groups is 1. The fourth-order valence-corrected chi connectivity index (χ4v) is 4.44. The summed E-state index contributed by atoms with van der Waals surface area (Å²) in [6.45, 7) is 0. The maximum Gasteiger partial charge on any atom is 0.0780 e. The van der Waals surface area contributed by atoms with Crippen LogP contribution in [0.5, 0.6) is 0 Å². The van der Waals surface area contributed by atoms with Crippen LogP contribution in [0, 0.1) is 0 Å². The molecule has 0 aromatic heterocycles. The second-order valence-corrected chi connectivity index (χ2v) is 7.37. The molecule has 3 aromatic carbocycles. The molecule has 0 unspecified atom stereocenters. The van der Waals surface area contributed by atoms with E-state index in [4.69, 9.17) is 12.2 Å². The van der Waals surface area contributed by atoms with Gasteiger partial charge in [-0.1, -0.05) is 86.0 Å². The Bertz CT molecular complexity index is 965. The number of nitrogens with zero attached hydrogens (tertiary/aromatic N) is 1. The van der Waals surface area contributed by atoms with Crippen LogP contribution in [0.1, 0.15) is 43.6 Å². The van der Waals surface area contributed by atoms with Gasteiger partial charge in [-0.05, 0) is 64.9 Å². The first-order chi connectivity index (χ1) is 13.4. The van der Waals surface area contributed by atoms with E-state index in [1.54, 1.807) is 0 Å². The van der Waals surface area contributed by atoms with Crippen LogP contribution in [0.2, 0.25) is 0 Å². The Morgan fingerprint density at radius 3 is 2.11 bits per heavy atom. The lowest BCUT2D eigenvalue weighted by Crippen LogP contribution is -2.06. The Hall–Kier alpha value is -2.54. The molecule has 1 nitrogen and oxygen atoms in total. The molecule has 0 radical (unpaired) electrons. The Morgan fingerprint density at radius 1 is 0.704 bits per heavy atom. The van der Waals surface area contributed by atoms with Crippen molar-refractivity contribution in [1.82, 2.24) is 0 Å². The molecule has 0 atom stereocenters. The highest BCUT2D eigenvalue weighted by Gasteiger charge is 2.23. The molecule has 1 saturated carbocycles. The van der Waals surface area contributed by atoms with Gasteiger partial charge in [-0.15, -0.1) is 0 Å². The summed E-state index contributed by atoms with van der Waals surface area (Å²) < 4.78 is 0. The first-order valence-electron chi connectivity index (χ1n) is 9.74. The highest BCUT2D eigenvalue weighted by Crippen LogP contribution is 2.45. The van der Waals surface area contributed by atoms with Crippen LogP contribution in [0.4, 0.5) is 5.69 Å². The lowest BCUT2D eigenvalue weighted by atomic mass is 9.79. The second-order valence-electron chi connectivity index (χ2n) is 7.19. The predicted molar refractivity (Wildman–Crippen MR) is 118 cm³/mol. The van der Waals surface area contributed by atoms with Gasteiger partial charge in [0, 0.05) is 0 Å². The van der Waals surface area contributed by atoms with Crippen molar-refractivity contribution >= 4 is 23.1 Å². The Labute approximate surface area is 166 Å². The first kappa shape index (κ1) is 17.9. The molecular formula is C25H23NS. The van der Waals surface area contributed by atoms with Gasteiger partial charge < -0.3 is 0 Å². The molecule has 1 aliphatic rings. The monoisotopic (exact) mass is 369 g/mol. The van der Waals surface area contributed by atoms with Crippen LogP contribution >= 0.6 is 12.2 Å². The summed E-state index contributed by atoms with van der Waals surface area (Å²) in [5.74, 6) is 0.542. The zero-order valence-corrected chi connectivity index (χ0v) is 16.2. The number of hydrogen-bond donors (Lipinski definition) is 0.